The summed E-state index contributed by atoms with van der Waals surface area (Å²) >= 11 is 0. The van der Waals surface area contributed by atoms with Crippen LogP contribution in [0.4, 0.5) is 0 Å². The molecule has 0 saturated carbocycles. The molecule has 0 N–H and O–H groups in total. The molecule has 4 heteroatoms. The first-order valence-corrected chi connectivity index (χ1v) is 5.87. The van der Waals surface area contributed by atoms with Crippen LogP contribution in [-0.4, -0.2) is 21.7 Å². The number of carbonyl (C=O) groups is 1. The van der Waals surface area contributed by atoms with E-state index >= 15 is 0 Å². The van der Waals surface area contributed by atoms with Crippen molar-refractivity contribution in [1.29, 1.82) is 0 Å². The Morgan fingerprint density at radius 2 is 1.89 bits per heavy atom. The normalized spacial score (nSPS) is 10.7. The summed E-state index contributed by atoms with van der Waals surface area (Å²) in [5.74, 6) is 0.689. The van der Waals surface area contributed by atoms with Crippen molar-refractivity contribution in [3.05, 3.63) is 47.8 Å². The van der Waals surface area contributed by atoms with Gasteiger partial charge in [0.15, 0.2) is 0 Å². The van der Waals surface area contributed by atoms with Gasteiger partial charge in [0.2, 0.25) is 5.78 Å². The van der Waals surface area contributed by atoms with Crippen molar-refractivity contribution in [2.24, 2.45) is 7.05 Å². The van der Waals surface area contributed by atoms with E-state index in [0.29, 0.717) is 11.3 Å². The van der Waals surface area contributed by atoms with Gasteiger partial charge in [-0.15, -0.1) is 0 Å². The van der Waals surface area contributed by atoms with E-state index in [9.17, 15) is 4.79 Å². The van der Waals surface area contributed by atoms with Crippen molar-refractivity contribution in [1.82, 2.24) is 9.78 Å². The van der Waals surface area contributed by atoms with Gasteiger partial charge >= 0.3 is 0 Å². The lowest BCUT2D eigenvalue weighted by Gasteiger charge is -2.09. The van der Waals surface area contributed by atoms with Crippen molar-refractivity contribution in [2.45, 2.75) is 20.0 Å². The van der Waals surface area contributed by atoms with Crippen LogP contribution in [0.3, 0.4) is 0 Å². The van der Waals surface area contributed by atoms with Gasteiger partial charge in [-0.2, -0.15) is 5.10 Å². The number of carbonyl (C=O) groups excluding carboxylic acids is 1. The molecular formula is C14H16N2O2. The highest BCUT2D eigenvalue weighted by Gasteiger charge is 2.11. The van der Waals surface area contributed by atoms with Gasteiger partial charge in [-0.05, 0) is 44.2 Å². The van der Waals surface area contributed by atoms with Crippen molar-refractivity contribution in [3.8, 4) is 5.75 Å². The second-order valence-electron chi connectivity index (χ2n) is 4.39. The number of rotatable bonds is 4. The van der Waals surface area contributed by atoms with E-state index in [-0.39, 0.29) is 11.9 Å². The van der Waals surface area contributed by atoms with Crippen LogP contribution in [-0.2, 0) is 7.05 Å². The van der Waals surface area contributed by atoms with Crippen molar-refractivity contribution < 1.29 is 9.53 Å². The molecule has 18 heavy (non-hydrogen) atoms. The number of hydrogen-bond donors (Lipinski definition) is 0. The van der Waals surface area contributed by atoms with Gasteiger partial charge in [-0.1, -0.05) is 0 Å². The summed E-state index contributed by atoms with van der Waals surface area (Å²) in [6, 6.07) is 8.83. The molecule has 0 bridgehead atoms. The Kier molecular flexibility index (Phi) is 3.46. The van der Waals surface area contributed by atoms with Crippen molar-refractivity contribution >= 4 is 5.78 Å². The maximum atomic E-state index is 12.1. The van der Waals surface area contributed by atoms with Gasteiger partial charge < -0.3 is 4.74 Å². The monoisotopic (exact) mass is 244 g/mol. The fourth-order valence-electron chi connectivity index (χ4n) is 1.64. The number of benzene rings is 1. The van der Waals surface area contributed by atoms with Crippen LogP contribution in [0.15, 0.2) is 36.5 Å². The van der Waals surface area contributed by atoms with E-state index in [0.717, 1.165) is 5.75 Å². The van der Waals surface area contributed by atoms with Crippen LogP contribution in [0.5, 0.6) is 5.75 Å². The summed E-state index contributed by atoms with van der Waals surface area (Å²) < 4.78 is 7.14. The molecule has 1 heterocycles. The molecule has 0 aliphatic heterocycles. The van der Waals surface area contributed by atoms with Crippen LogP contribution in [0, 0.1) is 0 Å². The molecule has 0 spiro atoms. The molecule has 2 aromatic rings. The number of nitrogens with zero attached hydrogens (tertiary/aromatic N) is 2. The van der Waals surface area contributed by atoms with E-state index in [1.165, 1.54) is 0 Å². The van der Waals surface area contributed by atoms with E-state index in [1.807, 2.05) is 13.8 Å². The van der Waals surface area contributed by atoms with E-state index < -0.39 is 0 Å². The molecule has 0 saturated heterocycles. The Balaban J connectivity index is 2.17. The summed E-state index contributed by atoms with van der Waals surface area (Å²) in [6.45, 7) is 3.93. The summed E-state index contributed by atoms with van der Waals surface area (Å²) in [7, 11) is 1.79. The first-order chi connectivity index (χ1) is 8.56. The third kappa shape index (κ3) is 2.77. The van der Waals surface area contributed by atoms with Gasteiger partial charge in [0, 0.05) is 18.8 Å². The molecule has 1 aromatic heterocycles. The van der Waals surface area contributed by atoms with Gasteiger partial charge in [0.1, 0.15) is 11.4 Å². The molecule has 0 fully saturated rings. The van der Waals surface area contributed by atoms with Crippen LogP contribution in [0.25, 0.3) is 0 Å². The fourth-order valence-corrected chi connectivity index (χ4v) is 1.64. The summed E-state index contributed by atoms with van der Waals surface area (Å²) in [4.78, 5) is 12.1. The molecule has 2 rings (SSSR count). The average Bonchev–Trinajstić information content (AvgIpc) is 2.75. The van der Waals surface area contributed by atoms with E-state index in [2.05, 4.69) is 5.10 Å². The molecule has 94 valence electrons. The molecule has 0 aliphatic carbocycles. The van der Waals surface area contributed by atoms with Gasteiger partial charge in [0.05, 0.1) is 6.10 Å². The largest absolute Gasteiger partial charge is 0.491 e. The Morgan fingerprint density at radius 1 is 1.22 bits per heavy atom. The summed E-state index contributed by atoms with van der Waals surface area (Å²) in [5.41, 5.74) is 1.07. The quantitative estimate of drug-likeness (QED) is 0.776. The molecule has 0 unspecified atom stereocenters. The highest BCUT2D eigenvalue weighted by molar-refractivity contribution is 6.07. The van der Waals surface area contributed by atoms with Crippen LogP contribution in [0.1, 0.15) is 29.9 Å². The van der Waals surface area contributed by atoms with Gasteiger partial charge in [-0.25, -0.2) is 0 Å². The van der Waals surface area contributed by atoms with E-state index in [4.69, 9.17) is 4.74 Å². The first-order valence-electron chi connectivity index (χ1n) is 5.87. The van der Waals surface area contributed by atoms with Crippen LogP contribution < -0.4 is 4.74 Å². The molecule has 4 nitrogen and oxygen atoms in total. The van der Waals surface area contributed by atoms with Gasteiger partial charge in [-0.3, -0.25) is 9.48 Å². The lowest BCUT2D eigenvalue weighted by atomic mass is 10.1. The summed E-state index contributed by atoms with van der Waals surface area (Å²) in [5, 5.41) is 4.09. The maximum Gasteiger partial charge on any atom is 0.213 e. The molecule has 0 atom stereocenters. The van der Waals surface area contributed by atoms with Crippen LogP contribution >= 0.6 is 0 Å². The Labute approximate surface area is 106 Å². The van der Waals surface area contributed by atoms with E-state index in [1.54, 1.807) is 48.3 Å². The Bertz CT molecular complexity index is 541. The maximum absolute atomic E-state index is 12.1. The highest BCUT2D eigenvalue weighted by Crippen LogP contribution is 2.15. The molecule has 0 radical (unpaired) electrons. The molecule has 0 aliphatic rings. The van der Waals surface area contributed by atoms with Crippen molar-refractivity contribution in [3.63, 3.8) is 0 Å². The average molecular weight is 244 g/mol. The predicted molar refractivity (Wildman–Crippen MR) is 68.8 cm³/mol. The van der Waals surface area contributed by atoms with Gasteiger partial charge in [0.25, 0.3) is 0 Å². The van der Waals surface area contributed by atoms with Crippen LogP contribution in [0.2, 0.25) is 0 Å². The number of aromatic nitrogens is 2. The van der Waals surface area contributed by atoms with Crippen molar-refractivity contribution in [2.75, 3.05) is 0 Å². The number of ketones is 1. The zero-order valence-corrected chi connectivity index (χ0v) is 10.8. The minimum Gasteiger partial charge on any atom is -0.491 e. The predicted octanol–water partition coefficient (Wildman–Crippen LogP) is 2.44. The second kappa shape index (κ2) is 5.04. The molecule has 1 aromatic carbocycles. The Morgan fingerprint density at radius 3 is 2.39 bits per heavy atom. The third-order valence-corrected chi connectivity index (χ3v) is 2.43. The SMILES string of the molecule is CC(C)Oc1ccc(C(=O)c2ccn(C)n2)cc1. The number of aryl methyl sites for hydroxylation is 1. The minimum atomic E-state index is -0.0771. The zero-order chi connectivity index (χ0) is 13.1. The highest BCUT2D eigenvalue weighted by atomic mass is 16.5. The first kappa shape index (κ1) is 12.4. The number of hydrogen-bond acceptors (Lipinski definition) is 3. The summed E-state index contributed by atoms with van der Waals surface area (Å²) in [6.07, 6.45) is 1.88. The Hall–Kier alpha value is -2.10. The molecular weight excluding hydrogens is 228 g/mol. The number of ether oxygens (including phenoxy) is 1. The zero-order valence-electron chi connectivity index (χ0n) is 10.8. The topological polar surface area (TPSA) is 44.1 Å². The second-order valence-corrected chi connectivity index (χ2v) is 4.39. The molecule has 0 amide bonds. The smallest absolute Gasteiger partial charge is 0.213 e. The lowest BCUT2D eigenvalue weighted by Crippen LogP contribution is -2.06. The minimum absolute atomic E-state index is 0.0771. The third-order valence-electron chi connectivity index (χ3n) is 2.43. The fraction of sp³-hybridized carbons (Fsp3) is 0.286. The lowest BCUT2D eigenvalue weighted by molar-refractivity contribution is 0.103. The standard InChI is InChI=1S/C14H16N2O2/c1-10(2)18-12-6-4-11(5-7-12)14(17)13-8-9-16(3)15-13/h4-10H,1-3H3.